The van der Waals surface area contributed by atoms with Gasteiger partial charge in [-0.15, -0.1) is 11.8 Å². The van der Waals surface area contributed by atoms with E-state index < -0.39 is 91.6 Å². The van der Waals surface area contributed by atoms with Crippen molar-refractivity contribution in [3.05, 3.63) is 313 Å². The van der Waals surface area contributed by atoms with E-state index >= 15 is 0 Å². The molecule has 672 valence electrons. The van der Waals surface area contributed by atoms with Crippen molar-refractivity contribution in [1.29, 1.82) is 0 Å². The number of Topliss-reactive ketones (excluding diaryl/α,β-unsaturated/α-hetero) is 1. The summed E-state index contributed by atoms with van der Waals surface area (Å²) in [5, 5.41) is 44.0. The van der Waals surface area contributed by atoms with E-state index in [1.54, 1.807) is 149 Å². The number of carboxylic acid groups (broad SMARTS) is 3. The maximum atomic E-state index is 12.6. The van der Waals surface area contributed by atoms with Crippen LogP contribution in [0, 0.1) is 23.7 Å². The summed E-state index contributed by atoms with van der Waals surface area (Å²) in [6.45, 7) is 10.8. The number of benzene rings is 11. The number of hydrogen-bond acceptors (Lipinski definition) is 20. The van der Waals surface area contributed by atoms with Crippen LogP contribution in [0.3, 0.4) is 0 Å². The van der Waals surface area contributed by atoms with Gasteiger partial charge < -0.3 is 49.3 Å². The predicted molar refractivity (Wildman–Crippen MR) is 495 cm³/mol. The molecule has 1 aliphatic heterocycles. The average molecular weight is 1830 g/mol. The Bertz CT molecular complexity index is 6020. The van der Waals surface area contributed by atoms with Gasteiger partial charge in [0, 0.05) is 63.2 Å². The maximum absolute atomic E-state index is 12.6. The van der Waals surface area contributed by atoms with Gasteiger partial charge in [0.25, 0.3) is 11.8 Å². The number of rotatable bonds is 36. The molecule has 27 nitrogen and oxygen atoms in total. The Balaban J connectivity index is 0.000000194. The van der Waals surface area contributed by atoms with Crippen LogP contribution in [0.4, 0.5) is 11.4 Å². The first-order valence-electron chi connectivity index (χ1n) is 40.5. The molecule has 31 heteroatoms. The third-order valence-corrected chi connectivity index (χ3v) is 24.1. The molecule has 1 aliphatic rings. The number of carbonyl (C=O) groups excluding carboxylic acids is 5. The van der Waals surface area contributed by atoms with E-state index in [9.17, 15) is 70.5 Å². The number of nitrogens with one attached hydrogen (secondary N) is 5. The highest BCUT2D eigenvalue weighted by atomic mass is 35.5. The number of halogens is 1. The van der Waals surface area contributed by atoms with Gasteiger partial charge in [0.1, 0.15) is 47.4 Å². The molecule has 0 radical (unpaired) electrons. The molecule has 0 saturated heterocycles. The van der Waals surface area contributed by atoms with E-state index in [4.69, 9.17) is 40.2 Å². The summed E-state index contributed by atoms with van der Waals surface area (Å²) in [5.41, 5.74) is 11.2. The summed E-state index contributed by atoms with van der Waals surface area (Å²) in [6, 6.07) is 80.2. The molecule has 0 unspecified atom stereocenters. The van der Waals surface area contributed by atoms with Crippen LogP contribution in [0.1, 0.15) is 98.6 Å². The number of thioether (sulfide) groups is 1. The number of sulfonamides is 2. The van der Waals surface area contributed by atoms with E-state index in [0.717, 1.165) is 54.9 Å². The van der Waals surface area contributed by atoms with Crippen LogP contribution in [-0.2, 0) is 59.9 Å². The highest BCUT2D eigenvalue weighted by Crippen LogP contribution is 2.32. The second-order valence-corrected chi connectivity index (χ2v) is 34.9. The van der Waals surface area contributed by atoms with Crippen molar-refractivity contribution < 1.29 is 99.1 Å². The molecule has 129 heavy (non-hydrogen) atoms. The Labute approximate surface area is 757 Å². The number of anilines is 1. The normalized spacial score (nSPS) is 12.6. The molecule has 3 amide bonds. The molecule has 0 aliphatic carbocycles. The van der Waals surface area contributed by atoms with E-state index in [0.29, 0.717) is 75.6 Å². The summed E-state index contributed by atoms with van der Waals surface area (Å²) in [7, 11) is -7.99. The Hall–Kier alpha value is -13.3. The van der Waals surface area contributed by atoms with Crippen LogP contribution in [0.25, 0.3) is 44.3 Å². The monoisotopic (exact) mass is 1830 g/mol. The lowest BCUT2D eigenvalue weighted by Crippen LogP contribution is -2.44. The highest BCUT2D eigenvalue weighted by molar-refractivity contribution is 7.99. The second-order valence-electron chi connectivity index (χ2n) is 29.9. The number of hydroxylamine groups is 1. The molecule has 1 aromatic heterocycles. The number of carboxylic acids is 3. The summed E-state index contributed by atoms with van der Waals surface area (Å²) in [6.07, 6.45) is 0.767. The van der Waals surface area contributed by atoms with Gasteiger partial charge in [-0.1, -0.05) is 211 Å². The predicted octanol–water partition coefficient (Wildman–Crippen LogP) is 18.5. The van der Waals surface area contributed by atoms with Gasteiger partial charge in [-0.05, 0) is 192 Å². The molecule has 2 heterocycles. The van der Waals surface area contributed by atoms with E-state index in [-0.39, 0.29) is 60.4 Å². The van der Waals surface area contributed by atoms with Crippen molar-refractivity contribution in [2.75, 3.05) is 31.1 Å². The van der Waals surface area contributed by atoms with Crippen LogP contribution in [0.15, 0.2) is 309 Å². The van der Waals surface area contributed by atoms with Crippen molar-refractivity contribution >= 4 is 119 Å². The average Bonchev–Trinajstić information content (AvgIpc) is 1.70. The quantitative estimate of drug-likeness (QED) is 0.00257. The number of para-hydroxylation sites is 3. The summed E-state index contributed by atoms with van der Waals surface area (Å²) in [4.78, 5) is 101. The molecule has 0 fully saturated rings. The molecule has 0 spiro atoms. The number of carbonyl (C=O) groups is 8. The van der Waals surface area contributed by atoms with E-state index in [1.807, 2.05) is 159 Å². The second kappa shape index (κ2) is 48.1. The first-order chi connectivity index (χ1) is 61.3. The fraction of sp³-hybridized carbons (Fsp3) is 0.214. The number of ketones is 1. The van der Waals surface area contributed by atoms with Crippen LogP contribution >= 0.6 is 23.4 Å². The van der Waals surface area contributed by atoms with Crippen molar-refractivity contribution in [2.45, 2.75) is 101 Å². The molecule has 12 aromatic rings. The highest BCUT2D eigenvalue weighted by Gasteiger charge is 2.31. The molecule has 11 aromatic carbocycles. The zero-order valence-electron chi connectivity index (χ0n) is 70.4. The number of fused-ring (bicyclic) bond motifs is 2. The van der Waals surface area contributed by atoms with Crippen LogP contribution in [-0.4, -0.2) is 134 Å². The van der Waals surface area contributed by atoms with E-state index in [2.05, 4.69) is 25.1 Å². The summed E-state index contributed by atoms with van der Waals surface area (Å²) in [5.74, 6) is -5.23. The minimum atomic E-state index is -4.00. The molecule has 9 N–H and O–H groups in total. The van der Waals surface area contributed by atoms with Crippen LogP contribution < -0.4 is 35.0 Å². The number of esters is 1. The Morgan fingerprint density at radius 2 is 1.00 bits per heavy atom. The minimum Gasteiger partial charge on any atom is -0.481 e. The molecule has 0 saturated carbocycles. The Morgan fingerprint density at radius 3 is 1.51 bits per heavy atom. The lowest BCUT2D eigenvalue weighted by molar-refractivity contribution is -0.141. The van der Waals surface area contributed by atoms with Crippen LogP contribution in [0.5, 0.6) is 17.2 Å². The van der Waals surface area contributed by atoms with Crippen molar-refractivity contribution in [3.63, 3.8) is 0 Å². The van der Waals surface area contributed by atoms with Gasteiger partial charge >= 0.3 is 23.9 Å². The Morgan fingerprint density at radius 1 is 0.527 bits per heavy atom. The van der Waals surface area contributed by atoms with Gasteiger partial charge in [-0.3, -0.25) is 38.8 Å². The SMILES string of the molecule is C.CC(C)[C@@H](NS(=O)(=O)c1ccc(-c2ccc(NC(=O)C3=Nc4ccccc4C3)cc2)cc1)C(=O)O.CC(C)[C@@H](NS(=O)(=O)c1ccc(-c2ccc(OC(=O)c3cc4ccccc4o3)cc2)cc1)C(=O)O.CCOCOC[C@H](C[C@@H](C)C(=O)NO)NC(=O)c1ccc(Oc2ccccc2)cc1.O=C(C[C@H](CSc1ccccc1)C(=O)O)c1ccc(-c2ccc(Cl)cc2)cc1. The third-order valence-electron chi connectivity index (χ3n) is 19.8. The number of aliphatic carboxylic acids is 3. The number of amides is 3. The fourth-order valence-corrected chi connectivity index (χ4v) is 16.5. The van der Waals surface area contributed by atoms with Crippen LogP contribution in [0.2, 0.25) is 5.02 Å². The number of ether oxygens (including phenoxy) is 4. The standard InChI is InChI=1S/C26H25N3O5S.C26H23NO7S.C23H19ClO3S.C22H28N2O6.CH4/c1-16(2)24(26(31)32)29-35(33,34)21-13-9-18(10-14-21)17-7-11-20(12-8-17)27-25(30)23-15-19-5-3-4-6-22(19)28-23;1-16(2)24(25(28)29)27-35(31,32)21-13-9-18(10-14-21)17-7-11-20(12-8-17)33-26(30)23-15-19-5-3-4-6-22(19)34-23;24-20-12-10-17(11-13-20)16-6-8-18(9-7-16)22(25)14-19(23(26)27)15-28-21-4-2-1-3-5-21;1-3-28-15-29-14-18(13-16(2)21(25)24-27)23-22(26)17-9-11-20(12-10-17)30-19-7-5-4-6-8-19;/h3-14,16,24,29H,15H2,1-2H3,(H,27,30)(H,31,32);3-16,24,27H,1-2H3,(H,28,29);1-13,19H,14-15H2,(H,26,27);4-12,16,18,27H,3,13-15H2,1-2H3,(H,23,26)(H,24,25);1H4/t2*24-;19-;16-,18+;/m1111./s1. The third kappa shape index (κ3) is 29.7. The Kier molecular flexibility index (Phi) is 37.1. The zero-order chi connectivity index (χ0) is 92.0. The molecule has 13 rings (SSSR count). The molecular formula is C98H99ClN6O21S3. The van der Waals surface area contributed by atoms with Crippen molar-refractivity contribution in [3.8, 4) is 50.6 Å². The maximum Gasteiger partial charge on any atom is 0.379 e. The van der Waals surface area contributed by atoms with Crippen molar-refractivity contribution in [1.82, 2.24) is 20.2 Å². The lowest BCUT2D eigenvalue weighted by Gasteiger charge is -2.21. The number of furan rings is 1. The summed E-state index contributed by atoms with van der Waals surface area (Å²) < 4.78 is 82.1. The minimum absolute atomic E-state index is 0. The first-order valence-corrected chi connectivity index (χ1v) is 44.8. The topological polar surface area (TPSA) is 408 Å². The van der Waals surface area contributed by atoms with Gasteiger partial charge in [0.2, 0.25) is 31.7 Å². The number of nitrogens with zero attached hydrogens (tertiary/aromatic N) is 1. The van der Waals surface area contributed by atoms with Gasteiger partial charge in [-0.25, -0.2) is 32.1 Å². The summed E-state index contributed by atoms with van der Waals surface area (Å²) >= 11 is 7.36. The number of aliphatic imine (C=N–C) groups is 1. The van der Waals surface area contributed by atoms with Crippen molar-refractivity contribution in [2.24, 2.45) is 28.7 Å². The molecular weight excluding hydrogens is 1730 g/mol. The van der Waals surface area contributed by atoms with Gasteiger partial charge in [0.05, 0.1) is 34.0 Å². The zero-order valence-corrected chi connectivity index (χ0v) is 73.6. The van der Waals surface area contributed by atoms with Gasteiger partial charge in [-0.2, -0.15) is 9.44 Å². The first kappa shape index (κ1) is 99.5. The van der Waals surface area contributed by atoms with Gasteiger partial charge in [0.15, 0.2) is 5.78 Å². The molecule has 5 atom stereocenters. The molecule has 0 bridgehead atoms. The van der Waals surface area contributed by atoms with E-state index in [1.165, 1.54) is 36.0 Å². The fourth-order valence-electron chi connectivity index (χ4n) is 12.7. The smallest absolute Gasteiger partial charge is 0.379 e. The number of hydrogen-bond donors (Lipinski definition) is 9. The largest absolute Gasteiger partial charge is 0.481 e. The lowest BCUT2D eigenvalue weighted by atomic mass is 9.97.